The Morgan fingerprint density at radius 2 is 1.76 bits per heavy atom. The number of aromatic nitrogens is 2. The summed E-state index contributed by atoms with van der Waals surface area (Å²) >= 11 is 12.6. The number of esters is 1. The minimum Gasteiger partial charge on any atom is -0.461 e. The van der Waals surface area contributed by atoms with E-state index in [-0.39, 0.29) is 18.3 Å². The monoisotopic (exact) mass is 617 g/mol. The van der Waals surface area contributed by atoms with E-state index >= 15 is 0 Å². The molecular formula is C30H37Cl2N5O5. The number of hydrogen-bond acceptors (Lipinski definition) is 7. The Hall–Kier alpha value is -3.76. The fraction of sp³-hybridized carbons (Fsp3) is 0.400. The molecule has 1 unspecified atom stereocenters. The molecule has 10 nitrogen and oxygen atoms in total. The van der Waals surface area contributed by atoms with Crippen molar-refractivity contribution in [3.8, 4) is 11.1 Å². The number of nitrogens with one attached hydrogen (secondary N) is 4. The second-order valence-electron chi connectivity index (χ2n) is 11.6. The number of amides is 2. The predicted octanol–water partition coefficient (Wildman–Crippen LogP) is 6.52. The SMILES string of the molecule is CC(C)Nc1cc(-c2c[nH]c(C(=O)NC(COC(=O)C(C)(C)NC(=O)OC(C)(C)C)c3cccc(Cl)c3)c2)c(Cl)cn1. The summed E-state index contributed by atoms with van der Waals surface area (Å²) in [5, 5.41) is 9.53. The van der Waals surface area contributed by atoms with Gasteiger partial charge in [0, 0.05) is 34.6 Å². The Bertz CT molecular complexity index is 1430. The maximum Gasteiger partial charge on any atom is 0.408 e. The van der Waals surface area contributed by atoms with Crippen LogP contribution in [0.25, 0.3) is 11.1 Å². The summed E-state index contributed by atoms with van der Waals surface area (Å²) in [6.45, 7) is 11.9. The normalized spacial score (nSPS) is 12.4. The topological polar surface area (TPSA) is 134 Å². The molecule has 0 radical (unpaired) electrons. The molecule has 0 aliphatic carbocycles. The van der Waals surface area contributed by atoms with Crippen molar-refractivity contribution in [2.75, 3.05) is 11.9 Å². The van der Waals surface area contributed by atoms with E-state index in [9.17, 15) is 14.4 Å². The molecule has 42 heavy (non-hydrogen) atoms. The van der Waals surface area contributed by atoms with Crippen molar-refractivity contribution in [2.24, 2.45) is 0 Å². The summed E-state index contributed by atoms with van der Waals surface area (Å²) in [4.78, 5) is 45.8. The number of ether oxygens (including phenoxy) is 2. The fourth-order valence-corrected chi connectivity index (χ4v) is 4.26. The van der Waals surface area contributed by atoms with Gasteiger partial charge in [-0.15, -0.1) is 0 Å². The van der Waals surface area contributed by atoms with E-state index in [1.165, 1.54) is 13.8 Å². The van der Waals surface area contributed by atoms with E-state index < -0.39 is 35.2 Å². The molecule has 0 spiro atoms. The Labute approximate surface area is 255 Å². The van der Waals surface area contributed by atoms with Crippen LogP contribution in [0.5, 0.6) is 0 Å². The standard InChI is InChI=1S/C30H37Cl2N5O5/c1-17(2)35-25-13-21(22(32)15-34-25)19-12-23(33-14-19)26(38)36-24(18-9-8-10-20(31)11-18)16-41-27(39)30(6,7)37-28(40)42-29(3,4)5/h8-15,17,24,33H,16H2,1-7H3,(H,34,35)(H,36,38)(H,37,40). The molecule has 0 aliphatic rings. The van der Waals surface area contributed by atoms with Crippen molar-refractivity contribution >= 4 is 47.0 Å². The Balaban J connectivity index is 1.77. The van der Waals surface area contributed by atoms with Gasteiger partial charge in [-0.05, 0) is 78.3 Å². The number of benzene rings is 1. The van der Waals surface area contributed by atoms with Crippen LogP contribution in [0.2, 0.25) is 10.0 Å². The van der Waals surface area contributed by atoms with Crippen LogP contribution in [0.3, 0.4) is 0 Å². The third-order valence-corrected chi connectivity index (χ3v) is 6.33. The van der Waals surface area contributed by atoms with Crippen LogP contribution in [0.4, 0.5) is 10.6 Å². The highest BCUT2D eigenvalue weighted by molar-refractivity contribution is 6.33. The molecule has 0 fully saturated rings. The Kier molecular flexibility index (Phi) is 10.5. The third kappa shape index (κ3) is 9.39. The highest BCUT2D eigenvalue weighted by Crippen LogP contribution is 2.30. The molecule has 0 saturated heterocycles. The van der Waals surface area contributed by atoms with Gasteiger partial charge in [-0.1, -0.05) is 35.3 Å². The molecular weight excluding hydrogens is 581 g/mol. The number of hydrogen-bond donors (Lipinski definition) is 4. The van der Waals surface area contributed by atoms with Gasteiger partial charge < -0.3 is 30.4 Å². The Morgan fingerprint density at radius 1 is 1.05 bits per heavy atom. The second-order valence-corrected chi connectivity index (χ2v) is 12.4. The number of pyridine rings is 1. The average Bonchev–Trinajstić information content (AvgIpc) is 3.36. The minimum absolute atomic E-state index is 0.176. The van der Waals surface area contributed by atoms with Crippen molar-refractivity contribution in [3.63, 3.8) is 0 Å². The summed E-state index contributed by atoms with van der Waals surface area (Å²) in [6.07, 6.45) is 2.47. The molecule has 2 aromatic heterocycles. The molecule has 12 heteroatoms. The minimum atomic E-state index is -1.40. The van der Waals surface area contributed by atoms with E-state index in [0.717, 1.165) is 0 Å². The lowest BCUT2D eigenvalue weighted by Crippen LogP contribution is -2.52. The van der Waals surface area contributed by atoms with Crippen LogP contribution in [0.15, 0.2) is 48.8 Å². The molecule has 3 aromatic rings. The van der Waals surface area contributed by atoms with E-state index in [1.54, 1.807) is 63.5 Å². The molecule has 0 aliphatic heterocycles. The number of carbonyl (C=O) groups is 3. The third-order valence-electron chi connectivity index (χ3n) is 5.79. The van der Waals surface area contributed by atoms with Crippen LogP contribution in [-0.2, 0) is 14.3 Å². The maximum atomic E-state index is 13.3. The number of carbonyl (C=O) groups excluding carboxylic acids is 3. The van der Waals surface area contributed by atoms with Crippen LogP contribution >= 0.6 is 23.2 Å². The highest BCUT2D eigenvalue weighted by Gasteiger charge is 2.34. The lowest BCUT2D eigenvalue weighted by atomic mass is 10.1. The predicted molar refractivity (Wildman–Crippen MR) is 164 cm³/mol. The lowest BCUT2D eigenvalue weighted by Gasteiger charge is -2.28. The van der Waals surface area contributed by atoms with Gasteiger partial charge in [-0.25, -0.2) is 14.6 Å². The largest absolute Gasteiger partial charge is 0.461 e. The van der Waals surface area contributed by atoms with E-state index in [4.69, 9.17) is 32.7 Å². The molecule has 1 atom stereocenters. The Morgan fingerprint density at radius 3 is 2.40 bits per heavy atom. The molecule has 0 bridgehead atoms. The zero-order valence-electron chi connectivity index (χ0n) is 24.7. The number of anilines is 1. The van der Waals surface area contributed by atoms with Crippen molar-refractivity contribution in [3.05, 3.63) is 70.1 Å². The first kappa shape index (κ1) is 32.8. The van der Waals surface area contributed by atoms with Gasteiger partial charge in [-0.3, -0.25) is 4.79 Å². The maximum absolute atomic E-state index is 13.3. The summed E-state index contributed by atoms with van der Waals surface area (Å²) in [7, 11) is 0. The summed E-state index contributed by atoms with van der Waals surface area (Å²) < 4.78 is 10.8. The number of alkyl carbamates (subject to hydrolysis) is 1. The van der Waals surface area contributed by atoms with Gasteiger partial charge in [0.2, 0.25) is 0 Å². The van der Waals surface area contributed by atoms with Gasteiger partial charge in [0.1, 0.15) is 29.3 Å². The second kappa shape index (κ2) is 13.5. The first-order valence-electron chi connectivity index (χ1n) is 13.4. The van der Waals surface area contributed by atoms with E-state index in [1.807, 2.05) is 19.9 Å². The van der Waals surface area contributed by atoms with Crippen molar-refractivity contribution in [2.45, 2.75) is 71.7 Å². The molecule has 226 valence electrons. The van der Waals surface area contributed by atoms with E-state index in [0.29, 0.717) is 32.6 Å². The van der Waals surface area contributed by atoms with E-state index in [2.05, 4.69) is 25.9 Å². The first-order valence-corrected chi connectivity index (χ1v) is 14.2. The average molecular weight is 619 g/mol. The lowest BCUT2D eigenvalue weighted by molar-refractivity contribution is -0.151. The van der Waals surface area contributed by atoms with Crippen LogP contribution in [-0.4, -0.2) is 51.7 Å². The van der Waals surface area contributed by atoms with Crippen LogP contribution in [0, 0.1) is 0 Å². The molecule has 4 N–H and O–H groups in total. The zero-order chi connectivity index (χ0) is 31.2. The molecule has 3 rings (SSSR count). The fourth-order valence-electron chi connectivity index (χ4n) is 3.85. The van der Waals surface area contributed by atoms with Gasteiger partial charge in [0.05, 0.1) is 11.1 Å². The number of H-pyrrole nitrogens is 1. The number of rotatable bonds is 10. The van der Waals surface area contributed by atoms with Crippen molar-refractivity contribution in [1.82, 2.24) is 20.6 Å². The van der Waals surface area contributed by atoms with Gasteiger partial charge in [0.15, 0.2) is 0 Å². The molecule has 2 amide bonds. The summed E-state index contributed by atoms with van der Waals surface area (Å²) in [6, 6.07) is 9.76. The number of nitrogens with zero attached hydrogens (tertiary/aromatic N) is 1. The van der Waals surface area contributed by atoms with Crippen LogP contribution in [0.1, 0.15) is 70.6 Å². The van der Waals surface area contributed by atoms with Crippen molar-refractivity contribution in [1.29, 1.82) is 0 Å². The van der Waals surface area contributed by atoms with Gasteiger partial charge >= 0.3 is 12.1 Å². The highest BCUT2D eigenvalue weighted by atomic mass is 35.5. The van der Waals surface area contributed by atoms with Gasteiger partial charge in [0.25, 0.3) is 5.91 Å². The molecule has 0 saturated carbocycles. The van der Waals surface area contributed by atoms with Gasteiger partial charge in [-0.2, -0.15) is 0 Å². The first-order chi connectivity index (χ1) is 19.5. The number of halogens is 2. The quantitative estimate of drug-likeness (QED) is 0.190. The molecule has 2 heterocycles. The molecule has 1 aromatic carbocycles. The smallest absolute Gasteiger partial charge is 0.408 e. The summed E-state index contributed by atoms with van der Waals surface area (Å²) in [5.41, 5.74) is 0.147. The summed E-state index contributed by atoms with van der Waals surface area (Å²) in [5.74, 6) is -0.502. The van der Waals surface area contributed by atoms with Crippen LogP contribution < -0.4 is 16.0 Å². The van der Waals surface area contributed by atoms with Crippen molar-refractivity contribution < 1.29 is 23.9 Å². The number of aromatic amines is 1. The zero-order valence-corrected chi connectivity index (χ0v) is 26.2.